The second kappa shape index (κ2) is 15.7. The summed E-state index contributed by atoms with van der Waals surface area (Å²) in [6.45, 7) is 17.9. The molecule has 10 heterocycles. The zero-order valence-electron chi connectivity index (χ0n) is 38.4. The third kappa shape index (κ3) is 6.82. The van der Waals surface area contributed by atoms with E-state index in [9.17, 15) is 5.26 Å². The summed E-state index contributed by atoms with van der Waals surface area (Å²) in [4.78, 5) is 30.3. The van der Waals surface area contributed by atoms with Crippen LogP contribution in [0.1, 0.15) is 146 Å². The fraction of sp³-hybridized carbons (Fsp3) is 1.00. The standard InChI is InChI=1S/C47H74O15/c1-23-10-13-30-26(4)36(49-39-31(30)22-29(23)16-19-43(7,55-39)58-48)52-42(53-37-27(5)34-14-11-24(2)32-17-20-44(8)56-40(50-37)46(32,34)61-59-44)54-38-28(6)35-15-12-25(3)33-18-21-45(9)57-41(51-38)47(33,35)62-60-45/h23-42,48H,10-22H2,1-9H3/t23-,24-,25-,26-,27-,28-,29-,30+,31?,32+,33+,34+,35+,36?,37?,38?,39-,40-,41-,42?,43-,44+,45+,46-,47-/m1/s1. The molecule has 15 nitrogen and oxygen atoms in total. The summed E-state index contributed by atoms with van der Waals surface area (Å²) in [6.07, 6.45) is 7.30. The van der Waals surface area contributed by atoms with E-state index in [1.807, 2.05) is 13.8 Å². The maximum atomic E-state index is 10.2. The van der Waals surface area contributed by atoms with Gasteiger partial charge in [-0.2, -0.15) is 0 Å². The second-order valence-corrected chi connectivity index (χ2v) is 22.7. The first kappa shape index (κ1) is 43.9. The van der Waals surface area contributed by atoms with Crippen LogP contribution in [-0.4, -0.2) is 78.0 Å². The summed E-state index contributed by atoms with van der Waals surface area (Å²) < 4.78 is 62.1. The van der Waals surface area contributed by atoms with Gasteiger partial charge in [0.1, 0.15) is 0 Å². The normalized spacial score (nSPS) is 59.6. The molecule has 10 aliphatic heterocycles. The summed E-state index contributed by atoms with van der Waals surface area (Å²) >= 11 is 0. The average molecular weight is 879 g/mol. The van der Waals surface area contributed by atoms with Gasteiger partial charge in [-0.05, 0) is 120 Å². The summed E-state index contributed by atoms with van der Waals surface area (Å²) in [5, 5.41) is 10.2. The Morgan fingerprint density at radius 1 is 0.500 bits per heavy atom. The van der Waals surface area contributed by atoms with Crippen molar-refractivity contribution in [2.24, 2.45) is 76.9 Å². The summed E-state index contributed by atoms with van der Waals surface area (Å²) in [7, 11) is 0. The van der Waals surface area contributed by atoms with Crippen molar-refractivity contribution in [3.05, 3.63) is 0 Å². The minimum Gasteiger partial charge on any atom is -0.323 e. The molecule has 0 radical (unpaired) electrons. The molecule has 62 heavy (non-hydrogen) atoms. The van der Waals surface area contributed by atoms with Crippen LogP contribution in [0.3, 0.4) is 0 Å². The molecule has 24 atom stereocenters. The molecular weight excluding hydrogens is 805 g/mol. The van der Waals surface area contributed by atoms with Gasteiger partial charge >= 0.3 is 0 Å². The Morgan fingerprint density at radius 3 is 1.55 bits per heavy atom. The molecule has 3 saturated carbocycles. The molecule has 1 N–H and O–H groups in total. The van der Waals surface area contributed by atoms with E-state index in [-0.39, 0.29) is 53.3 Å². The number of fused-ring (bicyclic) bond motifs is 5. The maximum Gasteiger partial charge on any atom is 0.278 e. The monoisotopic (exact) mass is 879 g/mol. The Balaban J connectivity index is 0.919. The lowest BCUT2D eigenvalue weighted by Crippen LogP contribution is -2.71. The van der Waals surface area contributed by atoms with Gasteiger partial charge in [0.25, 0.3) is 6.48 Å². The van der Waals surface area contributed by atoms with E-state index in [2.05, 4.69) is 41.5 Å². The molecule has 2 spiro atoms. The van der Waals surface area contributed by atoms with E-state index in [1.54, 1.807) is 6.92 Å². The van der Waals surface area contributed by atoms with Gasteiger partial charge in [-0.1, -0.05) is 48.0 Å². The van der Waals surface area contributed by atoms with Gasteiger partial charge in [0, 0.05) is 54.8 Å². The molecule has 352 valence electrons. The minimum absolute atomic E-state index is 0.0282. The average Bonchev–Trinajstić information content (AvgIpc) is 3.69. The number of hydrogen-bond donors (Lipinski definition) is 1. The minimum atomic E-state index is -1.29. The molecular formula is C47H74O15. The molecule has 4 unspecified atom stereocenters. The first-order valence-electron chi connectivity index (χ1n) is 24.6. The Kier molecular flexibility index (Phi) is 11.1. The number of rotatable bonds is 7. The predicted molar refractivity (Wildman–Crippen MR) is 214 cm³/mol. The van der Waals surface area contributed by atoms with Crippen molar-refractivity contribution in [1.29, 1.82) is 0 Å². The van der Waals surface area contributed by atoms with Crippen molar-refractivity contribution < 1.29 is 72.3 Å². The molecule has 0 aromatic heterocycles. The van der Waals surface area contributed by atoms with Gasteiger partial charge in [-0.15, -0.1) is 0 Å². The van der Waals surface area contributed by atoms with Gasteiger partial charge in [-0.25, -0.2) is 29.7 Å². The van der Waals surface area contributed by atoms with Gasteiger partial charge < -0.3 is 28.4 Å². The molecule has 13 rings (SSSR count). The lowest BCUT2D eigenvalue weighted by molar-refractivity contribution is -0.588. The van der Waals surface area contributed by atoms with E-state index in [4.69, 9.17) is 67.1 Å². The van der Waals surface area contributed by atoms with E-state index >= 15 is 0 Å². The summed E-state index contributed by atoms with van der Waals surface area (Å²) in [5.41, 5.74) is -1.52. The lowest BCUT2D eigenvalue weighted by Gasteiger charge is -2.61. The van der Waals surface area contributed by atoms with Crippen molar-refractivity contribution in [1.82, 2.24) is 0 Å². The summed E-state index contributed by atoms with van der Waals surface area (Å²) in [5.74, 6) is -0.772. The first-order valence-corrected chi connectivity index (χ1v) is 24.6. The van der Waals surface area contributed by atoms with Gasteiger partial charge in [0.2, 0.25) is 17.4 Å². The first-order chi connectivity index (χ1) is 29.6. The van der Waals surface area contributed by atoms with Crippen LogP contribution in [0.5, 0.6) is 0 Å². The smallest absolute Gasteiger partial charge is 0.278 e. The van der Waals surface area contributed by atoms with Crippen LogP contribution in [0.4, 0.5) is 0 Å². The molecule has 0 aromatic carbocycles. The van der Waals surface area contributed by atoms with E-state index in [1.165, 1.54) is 0 Å². The molecule has 3 aliphatic carbocycles. The van der Waals surface area contributed by atoms with Crippen LogP contribution >= 0.6 is 0 Å². The quantitative estimate of drug-likeness (QED) is 0.147. The van der Waals surface area contributed by atoms with Crippen LogP contribution in [0.2, 0.25) is 0 Å². The van der Waals surface area contributed by atoms with Crippen LogP contribution in [-0.2, 0) is 67.1 Å². The lowest BCUT2D eigenvalue weighted by atomic mass is 9.58. The SMILES string of the molecule is C[C@@H]1CC[C@@H]2C3C[C@H]1CC[C@@](C)(OO)O[C@H]3OC(OC(OC1O[C@@H]3O[C@]4(C)CC[C@H]5[C@H](C)CC[C@@H]([C@H]1C)[C@@]35OO4)OC1O[C@@H]3O[C@]4(C)CC[C@H]5[C@H](C)CC[C@@H]([C@H]1C)[C@@]35OO4)[C@@H]2C. The van der Waals surface area contributed by atoms with Gasteiger partial charge in [-0.3, -0.25) is 14.2 Å². The van der Waals surface area contributed by atoms with E-state index in [0.29, 0.717) is 42.9 Å². The third-order valence-corrected chi connectivity index (χ3v) is 19.1. The molecule has 13 fully saturated rings. The molecule has 6 bridgehead atoms. The van der Waals surface area contributed by atoms with Crippen LogP contribution < -0.4 is 0 Å². The highest BCUT2D eigenvalue weighted by Crippen LogP contribution is 2.63. The second-order valence-electron chi connectivity index (χ2n) is 22.7. The topological polar surface area (TPSA) is 149 Å². The predicted octanol–water partition coefficient (Wildman–Crippen LogP) is 8.74. The number of hydrogen-bond acceptors (Lipinski definition) is 15. The molecule has 0 aromatic rings. The van der Waals surface area contributed by atoms with Crippen LogP contribution in [0.25, 0.3) is 0 Å². The van der Waals surface area contributed by atoms with Gasteiger partial charge in [0.15, 0.2) is 48.9 Å². The largest absolute Gasteiger partial charge is 0.323 e. The molecule has 0 amide bonds. The molecule has 13 aliphatic rings. The van der Waals surface area contributed by atoms with Crippen molar-refractivity contribution in [3.8, 4) is 0 Å². The van der Waals surface area contributed by atoms with E-state index in [0.717, 1.165) is 64.2 Å². The fourth-order valence-corrected chi connectivity index (χ4v) is 15.2. The van der Waals surface area contributed by atoms with E-state index < -0.39 is 72.8 Å². The van der Waals surface area contributed by atoms with Crippen molar-refractivity contribution in [2.75, 3.05) is 0 Å². The highest BCUT2D eigenvalue weighted by molar-refractivity contribution is 5.11. The molecule has 10 saturated heterocycles. The van der Waals surface area contributed by atoms with Crippen LogP contribution in [0, 0.1) is 76.9 Å². The van der Waals surface area contributed by atoms with Crippen LogP contribution in [0.15, 0.2) is 0 Å². The number of ether oxygens (including phenoxy) is 9. The zero-order valence-corrected chi connectivity index (χ0v) is 38.4. The third-order valence-electron chi connectivity index (χ3n) is 19.1. The van der Waals surface area contributed by atoms with Crippen molar-refractivity contribution in [2.45, 2.75) is 219 Å². The Morgan fingerprint density at radius 2 is 1.02 bits per heavy atom. The fourth-order valence-electron chi connectivity index (χ4n) is 15.2. The van der Waals surface area contributed by atoms with Crippen molar-refractivity contribution in [3.63, 3.8) is 0 Å². The Labute approximate surface area is 367 Å². The molecule has 15 heteroatoms. The highest BCUT2D eigenvalue weighted by atomic mass is 17.3. The van der Waals surface area contributed by atoms with Gasteiger partial charge in [0.05, 0.1) is 0 Å². The van der Waals surface area contributed by atoms with Crippen molar-refractivity contribution >= 4 is 0 Å². The zero-order chi connectivity index (χ0) is 43.1. The highest BCUT2D eigenvalue weighted by Gasteiger charge is 2.72. The summed E-state index contributed by atoms with van der Waals surface area (Å²) in [6, 6.07) is 0. The Bertz CT molecular complexity index is 1580. The Hall–Kier alpha value is -0.600. The maximum absolute atomic E-state index is 10.2.